The minimum atomic E-state index is -1.26. The Hall–Kier alpha value is -1.71. The highest BCUT2D eigenvalue weighted by atomic mass is 32.2. The third-order valence-electron chi connectivity index (χ3n) is 2.53. The summed E-state index contributed by atoms with van der Waals surface area (Å²) in [5, 5.41) is 10.7. The molecule has 0 radical (unpaired) electrons. The van der Waals surface area contributed by atoms with E-state index in [4.69, 9.17) is 10.00 Å². The van der Waals surface area contributed by atoms with E-state index in [9.17, 15) is 9.00 Å². The lowest BCUT2D eigenvalue weighted by molar-refractivity contribution is -0.115. The quantitative estimate of drug-likeness (QED) is 0.851. The number of nitrogens with zero attached hydrogens (tertiary/aromatic N) is 1. The number of hydrogen-bond donors (Lipinski definition) is 1. The summed E-state index contributed by atoms with van der Waals surface area (Å²) in [6, 6.07) is 8.50. The zero-order chi connectivity index (χ0) is 14.3. The number of anilines is 1. The van der Waals surface area contributed by atoms with Crippen LogP contribution in [0.4, 0.5) is 5.69 Å². The molecule has 0 aliphatic heterocycles. The molecule has 2 atom stereocenters. The fraction of sp³-hybridized carbons (Fsp3) is 0.385. The summed E-state index contributed by atoms with van der Waals surface area (Å²) in [5.41, 5.74) is 1.11. The summed E-state index contributed by atoms with van der Waals surface area (Å²) in [5.74, 6) is 0.0255. The lowest BCUT2D eigenvalue weighted by Gasteiger charge is -2.11. The molecular formula is C13H16N2O3S. The SMILES string of the molecule is COCCS(=O)C(C)C(=O)Nc1ccc(C#N)cc1. The minimum Gasteiger partial charge on any atom is -0.384 e. The maximum Gasteiger partial charge on any atom is 0.239 e. The van der Waals surface area contributed by atoms with Crippen LogP contribution in [0.15, 0.2) is 24.3 Å². The van der Waals surface area contributed by atoms with Gasteiger partial charge in [0.1, 0.15) is 5.25 Å². The van der Waals surface area contributed by atoms with Crippen LogP contribution in [0.2, 0.25) is 0 Å². The molecule has 2 unspecified atom stereocenters. The molecule has 0 bridgehead atoms. The van der Waals surface area contributed by atoms with Gasteiger partial charge in [0, 0.05) is 29.3 Å². The molecule has 6 heteroatoms. The van der Waals surface area contributed by atoms with Gasteiger partial charge in [0.05, 0.1) is 18.2 Å². The number of benzene rings is 1. The number of nitrogens with one attached hydrogen (secondary N) is 1. The van der Waals surface area contributed by atoms with Crippen LogP contribution in [-0.4, -0.2) is 34.8 Å². The first-order valence-corrected chi connectivity index (χ1v) is 7.14. The van der Waals surface area contributed by atoms with Crippen LogP contribution >= 0.6 is 0 Å². The largest absolute Gasteiger partial charge is 0.384 e. The summed E-state index contributed by atoms with van der Waals surface area (Å²) in [4.78, 5) is 11.9. The maximum absolute atomic E-state index is 11.9. The Kier molecular flexibility index (Phi) is 6.19. The van der Waals surface area contributed by atoms with E-state index < -0.39 is 16.0 Å². The van der Waals surface area contributed by atoms with E-state index >= 15 is 0 Å². The van der Waals surface area contributed by atoms with Crippen LogP contribution in [0.3, 0.4) is 0 Å². The molecule has 0 saturated heterocycles. The Morgan fingerprint density at radius 1 is 1.47 bits per heavy atom. The number of rotatable bonds is 6. The molecule has 102 valence electrons. The first kappa shape index (κ1) is 15.3. The van der Waals surface area contributed by atoms with Gasteiger partial charge in [-0.15, -0.1) is 0 Å². The zero-order valence-electron chi connectivity index (χ0n) is 10.9. The second kappa shape index (κ2) is 7.67. The molecule has 0 spiro atoms. The van der Waals surface area contributed by atoms with Gasteiger partial charge >= 0.3 is 0 Å². The van der Waals surface area contributed by atoms with Crippen molar-refractivity contribution in [3.8, 4) is 6.07 Å². The van der Waals surface area contributed by atoms with Crippen molar-refractivity contribution in [1.82, 2.24) is 0 Å². The fourth-order valence-corrected chi connectivity index (χ4v) is 2.32. The summed E-state index contributed by atoms with van der Waals surface area (Å²) in [7, 11) is 0.263. The summed E-state index contributed by atoms with van der Waals surface area (Å²) >= 11 is 0. The number of carbonyl (C=O) groups excluding carboxylic acids is 1. The van der Waals surface area contributed by atoms with Gasteiger partial charge in [0.2, 0.25) is 5.91 Å². The average molecular weight is 280 g/mol. The number of amides is 1. The summed E-state index contributed by atoms with van der Waals surface area (Å²) < 4.78 is 16.6. The van der Waals surface area contributed by atoms with Gasteiger partial charge in [-0.25, -0.2) is 0 Å². The Labute approximate surface area is 115 Å². The van der Waals surface area contributed by atoms with Crippen molar-refractivity contribution in [3.05, 3.63) is 29.8 Å². The second-order valence-corrected chi connectivity index (χ2v) is 5.78. The summed E-state index contributed by atoms with van der Waals surface area (Å²) in [6.07, 6.45) is 0. The molecular weight excluding hydrogens is 264 g/mol. The van der Waals surface area contributed by atoms with Gasteiger partial charge in [-0.3, -0.25) is 9.00 Å². The van der Waals surface area contributed by atoms with Gasteiger partial charge in [-0.1, -0.05) is 0 Å². The Bertz CT molecular complexity index is 494. The molecule has 1 aromatic carbocycles. The van der Waals surface area contributed by atoms with E-state index in [1.54, 1.807) is 31.2 Å². The number of carbonyl (C=O) groups is 1. The van der Waals surface area contributed by atoms with E-state index in [0.717, 1.165) is 0 Å². The van der Waals surface area contributed by atoms with Crippen molar-refractivity contribution < 1.29 is 13.7 Å². The first-order valence-electron chi connectivity index (χ1n) is 5.75. The Balaban J connectivity index is 2.58. The molecule has 1 rings (SSSR count). The van der Waals surface area contributed by atoms with Crippen LogP contribution in [0, 0.1) is 11.3 Å². The number of hydrogen-bond acceptors (Lipinski definition) is 4. The minimum absolute atomic E-state index is 0.306. The van der Waals surface area contributed by atoms with E-state index in [2.05, 4.69) is 5.32 Å². The van der Waals surface area contributed by atoms with Crippen LogP contribution in [0.25, 0.3) is 0 Å². The van der Waals surface area contributed by atoms with Gasteiger partial charge < -0.3 is 10.1 Å². The van der Waals surface area contributed by atoms with E-state index in [1.165, 1.54) is 7.11 Å². The molecule has 0 fully saturated rings. The standard InChI is InChI=1S/C13H16N2O3S/c1-10(19(17)8-7-18-2)13(16)15-12-5-3-11(9-14)4-6-12/h3-6,10H,7-8H2,1-2H3,(H,15,16). The van der Waals surface area contributed by atoms with Crippen LogP contribution < -0.4 is 5.32 Å². The van der Waals surface area contributed by atoms with E-state index in [0.29, 0.717) is 23.6 Å². The van der Waals surface area contributed by atoms with E-state index in [-0.39, 0.29) is 5.91 Å². The first-order chi connectivity index (χ1) is 9.08. The fourth-order valence-electron chi connectivity index (χ4n) is 1.33. The molecule has 5 nitrogen and oxygen atoms in total. The van der Waals surface area contributed by atoms with Gasteiger partial charge in [0.25, 0.3) is 0 Å². The van der Waals surface area contributed by atoms with Crippen molar-refractivity contribution >= 4 is 22.4 Å². The third-order valence-corrected chi connectivity index (χ3v) is 4.11. The van der Waals surface area contributed by atoms with Crippen molar-refractivity contribution in [3.63, 3.8) is 0 Å². The van der Waals surface area contributed by atoms with Crippen LogP contribution in [0.1, 0.15) is 12.5 Å². The number of ether oxygens (including phenoxy) is 1. The Morgan fingerprint density at radius 3 is 2.63 bits per heavy atom. The average Bonchev–Trinajstić information content (AvgIpc) is 2.44. The lowest BCUT2D eigenvalue weighted by atomic mass is 10.2. The van der Waals surface area contributed by atoms with Gasteiger partial charge in [-0.05, 0) is 31.2 Å². The smallest absolute Gasteiger partial charge is 0.239 e. The molecule has 0 heterocycles. The molecule has 0 aliphatic carbocycles. The monoisotopic (exact) mass is 280 g/mol. The second-order valence-electron chi connectivity index (χ2n) is 3.90. The van der Waals surface area contributed by atoms with Gasteiger partial charge in [0.15, 0.2) is 0 Å². The van der Waals surface area contributed by atoms with Crippen molar-refractivity contribution in [2.24, 2.45) is 0 Å². The summed E-state index contributed by atoms with van der Waals surface area (Å²) in [6.45, 7) is 1.98. The van der Waals surface area contributed by atoms with Crippen LogP contribution in [0.5, 0.6) is 0 Å². The van der Waals surface area contributed by atoms with E-state index in [1.807, 2.05) is 6.07 Å². The number of nitriles is 1. The number of methoxy groups -OCH3 is 1. The topological polar surface area (TPSA) is 79.2 Å². The molecule has 19 heavy (non-hydrogen) atoms. The zero-order valence-corrected chi connectivity index (χ0v) is 11.7. The normalized spacial score (nSPS) is 13.3. The molecule has 0 aliphatic rings. The third kappa shape index (κ3) is 4.81. The van der Waals surface area contributed by atoms with Crippen molar-refractivity contribution in [2.45, 2.75) is 12.2 Å². The highest BCUT2D eigenvalue weighted by molar-refractivity contribution is 7.86. The molecule has 0 aromatic heterocycles. The molecule has 1 aromatic rings. The lowest BCUT2D eigenvalue weighted by Crippen LogP contribution is -2.31. The molecule has 1 N–H and O–H groups in total. The van der Waals surface area contributed by atoms with Crippen molar-refractivity contribution in [2.75, 3.05) is 24.8 Å². The maximum atomic E-state index is 11.9. The Morgan fingerprint density at radius 2 is 2.11 bits per heavy atom. The molecule has 0 saturated carbocycles. The van der Waals surface area contributed by atoms with Crippen LogP contribution in [-0.2, 0) is 20.3 Å². The highest BCUT2D eigenvalue weighted by Crippen LogP contribution is 2.10. The van der Waals surface area contributed by atoms with Gasteiger partial charge in [-0.2, -0.15) is 5.26 Å². The highest BCUT2D eigenvalue weighted by Gasteiger charge is 2.19. The van der Waals surface area contributed by atoms with Crippen molar-refractivity contribution in [1.29, 1.82) is 5.26 Å². The molecule has 1 amide bonds. The predicted molar refractivity (Wildman–Crippen MR) is 74.1 cm³/mol. The predicted octanol–water partition coefficient (Wildman–Crippen LogP) is 1.28.